The van der Waals surface area contributed by atoms with Crippen molar-refractivity contribution in [2.75, 3.05) is 5.88 Å². The van der Waals surface area contributed by atoms with Crippen molar-refractivity contribution in [1.29, 1.82) is 0 Å². The maximum absolute atomic E-state index is 12.9. The molecule has 0 fully saturated rings. The van der Waals surface area contributed by atoms with E-state index in [1.165, 1.54) is 0 Å². The lowest BCUT2D eigenvalue weighted by Gasteiger charge is -2.00. The molecule has 0 aromatic heterocycles. The Balaban J connectivity index is 3.21. The lowest BCUT2D eigenvalue weighted by atomic mass is 10.1. The van der Waals surface area contributed by atoms with Crippen molar-refractivity contribution in [2.45, 2.75) is 6.42 Å². The van der Waals surface area contributed by atoms with Gasteiger partial charge < -0.3 is 5.11 Å². The van der Waals surface area contributed by atoms with Gasteiger partial charge in [-0.1, -0.05) is 11.8 Å². The van der Waals surface area contributed by atoms with Crippen molar-refractivity contribution in [3.63, 3.8) is 0 Å². The number of carboxylic acids is 1. The molecule has 0 saturated carbocycles. The minimum Gasteiger partial charge on any atom is -0.478 e. The topological polar surface area (TPSA) is 37.3 Å². The summed E-state index contributed by atoms with van der Waals surface area (Å²) < 4.78 is 25.7. The molecule has 84 valence electrons. The summed E-state index contributed by atoms with van der Waals surface area (Å²) in [7, 11) is 0. The van der Waals surface area contributed by atoms with Gasteiger partial charge in [0.1, 0.15) is 0 Å². The molecule has 0 aliphatic carbocycles. The van der Waals surface area contributed by atoms with Gasteiger partial charge in [-0.2, -0.15) is 0 Å². The van der Waals surface area contributed by atoms with E-state index >= 15 is 0 Å². The standard InChI is InChI=1S/C11H7ClF2O2/c12-4-2-1-3-7-5-9(13)10(14)6-8(7)11(15)16/h5-6H,2,4H2,(H,15,16). The maximum atomic E-state index is 12.9. The molecule has 5 heteroatoms. The molecule has 0 unspecified atom stereocenters. The van der Waals surface area contributed by atoms with Crippen LogP contribution >= 0.6 is 11.6 Å². The number of halogens is 3. The summed E-state index contributed by atoms with van der Waals surface area (Å²) in [6, 6.07) is 1.38. The molecule has 2 nitrogen and oxygen atoms in total. The zero-order chi connectivity index (χ0) is 12.1. The van der Waals surface area contributed by atoms with Crippen LogP contribution in [0.15, 0.2) is 12.1 Å². The van der Waals surface area contributed by atoms with Crippen LogP contribution in [-0.4, -0.2) is 17.0 Å². The second-order valence-electron chi connectivity index (χ2n) is 2.86. The number of alkyl halides is 1. The van der Waals surface area contributed by atoms with E-state index in [1.54, 1.807) is 0 Å². The fourth-order valence-electron chi connectivity index (χ4n) is 1.03. The average Bonchev–Trinajstić information content (AvgIpc) is 2.23. The molecule has 0 aliphatic heterocycles. The van der Waals surface area contributed by atoms with E-state index in [9.17, 15) is 13.6 Å². The molecule has 1 N–H and O–H groups in total. The fraction of sp³-hybridized carbons (Fsp3) is 0.182. The van der Waals surface area contributed by atoms with Crippen molar-refractivity contribution in [2.24, 2.45) is 0 Å². The molecule has 0 aliphatic rings. The van der Waals surface area contributed by atoms with Crippen LogP contribution in [0, 0.1) is 23.5 Å². The molecule has 0 spiro atoms. The monoisotopic (exact) mass is 244 g/mol. The third-order valence-electron chi connectivity index (χ3n) is 1.73. The number of benzene rings is 1. The molecule has 0 radical (unpaired) electrons. The molecule has 1 aromatic carbocycles. The SMILES string of the molecule is O=C(O)c1cc(F)c(F)cc1C#CCCCl. The summed E-state index contributed by atoms with van der Waals surface area (Å²) in [5, 5.41) is 8.75. The van der Waals surface area contributed by atoms with E-state index < -0.39 is 17.6 Å². The predicted molar refractivity (Wildman–Crippen MR) is 55.5 cm³/mol. The van der Waals surface area contributed by atoms with Gasteiger partial charge >= 0.3 is 5.97 Å². The maximum Gasteiger partial charge on any atom is 0.337 e. The summed E-state index contributed by atoms with van der Waals surface area (Å²) in [5.74, 6) is 1.61. The van der Waals surface area contributed by atoms with Crippen LogP contribution in [0.5, 0.6) is 0 Å². The Hall–Kier alpha value is -1.60. The first-order chi connectivity index (χ1) is 7.56. The zero-order valence-corrected chi connectivity index (χ0v) is 8.81. The normalized spacial score (nSPS) is 9.44. The fourth-order valence-corrected chi connectivity index (χ4v) is 1.13. The van der Waals surface area contributed by atoms with Crippen LogP contribution in [0.1, 0.15) is 22.3 Å². The van der Waals surface area contributed by atoms with E-state index in [2.05, 4.69) is 11.8 Å². The number of rotatable bonds is 2. The minimum atomic E-state index is -1.35. The molecule has 1 rings (SSSR count). The van der Waals surface area contributed by atoms with E-state index in [1.807, 2.05) is 0 Å². The molecular formula is C11H7ClF2O2. The van der Waals surface area contributed by atoms with E-state index in [0.29, 0.717) is 18.4 Å². The zero-order valence-electron chi connectivity index (χ0n) is 8.06. The molecule has 16 heavy (non-hydrogen) atoms. The molecule has 0 bridgehead atoms. The van der Waals surface area contributed by atoms with Gasteiger partial charge in [0.05, 0.1) is 5.56 Å². The lowest BCUT2D eigenvalue weighted by Crippen LogP contribution is -2.02. The Morgan fingerprint density at radius 3 is 2.56 bits per heavy atom. The Morgan fingerprint density at radius 2 is 2.00 bits per heavy atom. The summed E-state index contributed by atoms with van der Waals surface area (Å²) in [6.45, 7) is 0. The third-order valence-corrected chi connectivity index (χ3v) is 1.92. The number of carbonyl (C=O) groups is 1. The van der Waals surface area contributed by atoms with E-state index in [-0.39, 0.29) is 11.1 Å². The van der Waals surface area contributed by atoms with Crippen molar-refractivity contribution < 1.29 is 18.7 Å². The number of hydrogen-bond donors (Lipinski definition) is 1. The van der Waals surface area contributed by atoms with Crippen molar-refractivity contribution in [3.8, 4) is 11.8 Å². The molecule has 0 atom stereocenters. The summed E-state index contributed by atoms with van der Waals surface area (Å²) >= 11 is 5.37. The molecular weight excluding hydrogens is 238 g/mol. The number of aromatic carboxylic acids is 1. The highest BCUT2D eigenvalue weighted by Gasteiger charge is 2.13. The van der Waals surface area contributed by atoms with E-state index in [0.717, 1.165) is 6.07 Å². The molecule has 0 heterocycles. The second-order valence-corrected chi connectivity index (χ2v) is 3.24. The van der Waals surface area contributed by atoms with Crippen molar-refractivity contribution >= 4 is 17.6 Å². The van der Waals surface area contributed by atoms with Gasteiger partial charge in [-0.05, 0) is 12.1 Å². The van der Waals surface area contributed by atoms with Crippen LogP contribution in [0.25, 0.3) is 0 Å². The van der Waals surface area contributed by atoms with Gasteiger partial charge in [0.2, 0.25) is 0 Å². The highest BCUT2D eigenvalue weighted by molar-refractivity contribution is 6.18. The Labute approximate surface area is 95.8 Å². The molecule has 0 saturated heterocycles. The molecule has 1 aromatic rings. The number of carboxylic acid groups (broad SMARTS) is 1. The largest absolute Gasteiger partial charge is 0.478 e. The summed E-state index contributed by atoms with van der Waals surface area (Å²) in [4.78, 5) is 10.7. The number of hydrogen-bond acceptors (Lipinski definition) is 1. The first-order valence-electron chi connectivity index (χ1n) is 4.33. The second kappa shape index (κ2) is 5.47. The molecule has 0 amide bonds. The van der Waals surface area contributed by atoms with Crippen LogP contribution in [0.4, 0.5) is 8.78 Å². The highest BCUT2D eigenvalue weighted by atomic mass is 35.5. The Kier molecular flexibility index (Phi) is 4.27. The van der Waals surface area contributed by atoms with Gasteiger partial charge in [0.25, 0.3) is 0 Å². The average molecular weight is 245 g/mol. The van der Waals surface area contributed by atoms with Gasteiger partial charge in [0.15, 0.2) is 11.6 Å². The predicted octanol–water partition coefficient (Wildman–Crippen LogP) is 2.64. The smallest absolute Gasteiger partial charge is 0.337 e. The first-order valence-corrected chi connectivity index (χ1v) is 4.87. The summed E-state index contributed by atoms with van der Waals surface area (Å²) in [5.41, 5.74) is -0.419. The lowest BCUT2D eigenvalue weighted by molar-refractivity contribution is 0.0696. The van der Waals surface area contributed by atoms with Crippen LogP contribution in [0.2, 0.25) is 0 Å². The highest BCUT2D eigenvalue weighted by Crippen LogP contribution is 2.14. The Bertz CT molecular complexity index is 475. The Morgan fingerprint density at radius 1 is 1.38 bits per heavy atom. The minimum absolute atomic E-state index is 0.0588. The van der Waals surface area contributed by atoms with Gasteiger partial charge in [-0.25, -0.2) is 13.6 Å². The van der Waals surface area contributed by atoms with Gasteiger partial charge in [-0.15, -0.1) is 11.6 Å². The van der Waals surface area contributed by atoms with E-state index in [4.69, 9.17) is 16.7 Å². The third kappa shape index (κ3) is 2.94. The first kappa shape index (κ1) is 12.5. The van der Waals surface area contributed by atoms with Crippen molar-refractivity contribution in [3.05, 3.63) is 34.9 Å². The van der Waals surface area contributed by atoms with Crippen LogP contribution in [-0.2, 0) is 0 Å². The van der Waals surface area contributed by atoms with Crippen LogP contribution in [0.3, 0.4) is 0 Å². The summed E-state index contributed by atoms with van der Waals surface area (Å²) in [6.07, 6.45) is 0.347. The van der Waals surface area contributed by atoms with Crippen LogP contribution < -0.4 is 0 Å². The van der Waals surface area contributed by atoms with Gasteiger partial charge in [0, 0.05) is 17.9 Å². The quantitative estimate of drug-likeness (QED) is 0.641. The van der Waals surface area contributed by atoms with Gasteiger partial charge in [-0.3, -0.25) is 0 Å². The van der Waals surface area contributed by atoms with Crippen molar-refractivity contribution in [1.82, 2.24) is 0 Å².